The Balaban J connectivity index is 2.18. The average molecular weight is 328 g/mol. The molecule has 0 amide bonds. The molecule has 100 valence electrons. The Kier molecular flexibility index (Phi) is 3.47. The minimum atomic E-state index is -0.353. The molecular weight excluding hydrogens is 314 g/mol. The van der Waals surface area contributed by atoms with Crippen molar-refractivity contribution in [3.05, 3.63) is 76.3 Å². The number of benzene rings is 3. The van der Waals surface area contributed by atoms with Crippen LogP contribution in [0.3, 0.4) is 0 Å². The molecule has 0 fully saturated rings. The molecule has 3 rings (SSSR count). The van der Waals surface area contributed by atoms with E-state index in [0.717, 1.165) is 26.4 Å². The summed E-state index contributed by atoms with van der Waals surface area (Å²) in [6.45, 7) is 0. The highest BCUT2D eigenvalue weighted by Gasteiger charge is 2.16. The van der Waals surface area contributed by atoms with Gasteiger partial charge in [-0.15, -0.1) is 0 Å². The van der Waals surface area contributed by atoms with Crippen molar-refractivity contribution < 1.29 is 5.11 Å². The zero-order valence-electron chi connectivity index (χ0n) is 10.8. The summed E-state index contributed by atoms with van der Waals surface area (Å²) in [5.41, 5.74) is 8.10. The summed E-state index contributed by atoms with van der Waals surface area (Å²) in [7, 11) is 0. The highest BCUT2D eigenvalue weighted by molar-refractivity contribution is 9.10. The number of phenolic OH excluding ortho intramolecular Hbond substituents is 1. The van der Waals surface area contributed by atoms with Gasteiger partial charge in [0.05, 0.1) is 6.04 Å². The summed E-state index contributed by atoms with van der Waals surface area (Å²) in [5.74, 6) is 0.235. The van der Waals surface area contributed by atoms with Gasteiger partial charge in [-0.25, -0.2) is 0 Å². The Morgan fingerprint density at radius 2 is 1.60 bits per heavy atom. The second-order valence-electron chi connectivity index (χ2n) is 4.75. The lowest BCUT2D eigenvalue weighted by Gasteiger charge is -2.17. The van der Waals surface area contributed by atoms with Gasteiger partial charge < -0.3 is 10.8 Å². The molecule has 1 atom stereocenters. The molecule has 0 heterocycles. The average Bonchev–Trinajstić information content (AvgIpc) is 2.47. The van der Waals surface area contributed by atoms with Crippen LogP contribution in [0.1, 0.15) is 17.2 Å². The van der Waals surface area contributed by atoms with E-state index < -0.39 is 0 Å². The summed E-state index contributed by atoms with van der Waals surface area (Å²) in [6.07, 6.45) is 0. The van der Waals surface area contributed by atoms with Crippen LogP contribution in [0.15, 0.2) is 65.1 Å². The van der Waals surface area contributed by atoms with Crippen molar-refractivity contribution >= 4 is 26.7 Å². The van der Waals surface area contributed by atoms with Crippen LogP contribution in [0.5, 0.6) is 5.75 Å². The summed E-state index contributed by atoms with van der Waals surface area (Å²) < 4.78 is 1.01. The molecule has 3 aromatic rings. The molecule has 0 spiro atoms. The SMILES string of the molecule is N[C@@H](c1ccc(Br)cc1)c1c(O)ccc2ccccc12. The fourth-order valence-electron chi connectivity index (χ4n) is 2.45. The third-order valence-electron chi connectivity index (χ3n) is 3.49. The van der Waals surface area contributed by atoms with Crippen molar-refractivity contribution in [1.82, 2.24) is 0 Å². The number of hydrogen-bond donors (Lipinski definition) is 2. The molecule has 20 heavy (non-hydrogen) atoms. The monoisotopic (exact) mass is 327 g/mol. The van der Waals surface area contributed by atoms with Crippen molar-refractivity contribution in [3.8, 4) is 5.75 Å². The lowest BCUT2D eigenvalue weighted by Crippen LogP contribution is -2.12. The summed E-state index contributed by atoms with van der Waals surface area (Å²) in [5, 5.41) is 12.3. The second kappa shape index (κ2) is 5.27. The normalized spacial score (nSPS) is 12.5. The standard InChI is InChI=1S/C17H14BrNO/c18-13-8-5-12(6-9-13)17(19)16-14-4-2-1-3-11(14)7-10-15(16)20/h1-10,17,20H,19H2/t17-/m0/s1. The van der Waals surface area contributed by atoms with E-state index in [2.05, 4.69) is 15.9 Å². The van der Waals surface area contributed by atoms with Crippen LogP contribution in [0.2, 0.25) is 0 Å². The predicted molar refractivity (Wildman–Crippen MR) is 85.8 cm³/mol. The van der Waals surface area contributed by atoms with Crippen LogP contribution in [-0.4, -0.2) is 5.11 Å². The van der Waals surface area contributed by atoms with Crippen LogP contribution in [0.4, 0.5) is 0 Å². The van der Waals surface area contributed by atoms with E-state index in [4.69, 9.17) is 5.73 Å². The molecule has 3 N–H and O–H groups in total. The minimum Gasteiger partial charge on any atom is -0.508 e. The van der Waals surface area contributed by atoms with Gasteiger partial charge in [0, 0.05) is 10.0 Å². The van der Waals surface area contributed by atoms with Crippen molar-refractivity contribution in [3.63, 3.8) is 0 Å². The third-order valence-corrected chi connectivity index (χ3v) is 4.02. The van der Waals surface area contributed by atoms with Gasteiger partial charge in [-0.2, -0.15) is 0 Å². The Labute approximate surface area is 126 Å². The number of phenols is 1. The topological polar surface area (TPSA) is 46.2 Å². The molecule has 0 radical (unpaired) electrons. The van der Waals surface area contributed by atoms with Gasteiger partial charge in [-0.05, 0) is 34.5 Å². The van der Waals surface area contributed by atoms with Gasteiger partial charge in [0.25, 0.3) is 0 Å². The number of aromatic hydroxyl groups is 1. The van der Waals surface area contributed by atoms with Gasteiger partial charge >= 0.3 is 0 Å². The number of nitrogens with two attached hydrogens (primary N) is 1. The van der Waals surface area contributed by atoms with E-state index in [1.54, 1.807) is 6.07 Å². The molecule has 0 unspecified atom stereocenters. The Bertz CT molecular complexity index is 753. The van der Waals surface area contributed by atoms with Gasteiger partial charge in [0.1, 0.15) is 5.75 Å². The molecule has 0 saturated heterocycles. The van der Waals surface area contributed by atoms with E-state index in [1.807, 2.05) is 54.6 Å². The van der Waals surface area contributed by atoms with Gasteiger partial charge in [0.15, 0.2) is 0 Å². The van der Waals surface area contributed by atoms with E-state index in [0.29, 0.717) is 0 Å². The van der Waals surface area contributed by atoms with Gasteiger partial charge in [0.2, 0.25) is 0 Å². The third kappa shape index (κ3) is 2.30. The van der Waals surface area contributed by atoms with Crippen LogP contribution < -0.4 is 5.73 Å². The molecule has 0 aliphatic carbocycles. The number of rotatable bonds is 2. The molecule has 0 aliphatic rings. The largest absolute Gasteiger partial charge is 0.508 e. The fourth-order valence-corrected chi connectivity index (χ4v) is 2.71. The fraction of sp³-hybridized carbons (Fsp3) is 0.0588. The molecule has 0 bridgehead atoms. The maximum Gasteiger partial charge on any atom is 0.121 e. The van der Waals surface area contributed by atoms with Gasteiger partial charge in [-0.1, -0.05) is 58.4 Å². The molecule has 3 heteroatoms. The van der Waals surface area contributed by atoms with Crippen molar-refractivity contribution in [2.45, 2.75) is 6.04 Å². The quantitative estimate of drug-likeness (QED) is 0.734. The Morgan fingerprint density at radius 1 is 0.900 bits per heavy atom. The first kappa shape index (κ1) is 13.2. The lowest BCUT2D eigenvalue weighted by atomic mass is 9.93. The van der Waals surface area contributed by atoms with Crippen molar-refractivity contribution in [2.24, 2.45) is 5.73 Å². The summed E-state index contributed by atoms with van der Waals surface area (Å²) in [6, 6.07) is 19.1. The molecule has 0 saturated carbocycles. The van der Waals surface area contributed by atoms with E-state index in [9.17, 15) is 5.11 Å². The summed E-state index contributed by atoms with van der Waals surface area (Å²) in [4.78, 5) is 0. The Morgan fingerprint density at radius 3 is 2.35 bits per heavy atom. The maximum absolute atomic E-state index is 10.2. The van der Waals surface area contributed by atoms with Crippen LogP contribution in [0.25, 0.3) is 10.8 Å². The molecule has 2 nitrogen and oxygen atoms in total. The second-order valence-corrected chi connectivity index (χ2v) is 5.66. The smallest absolute Gasteiger partial charge is 0.121 e. The Hall–Kier alpha value is -1.84. The lowest BCUT2D eigenvalue weighted by molar-refractivity contribution is 0.466. The number of fused-ring (bicyclic) bond motifs is 1. The van der Waals surface area contributed by atoms with Crippen LogP contribution in [-0.2, 0) is 0 Å². The number of halogens is 1. The molecule has 0 aromatic heterocycles. The number of hydrogen-bond acceptors (Lipinski definition) is 2. The first-order chi connectivity index (χ1) is 9.66. The van der Waals surface area contributed by atoms with E-state index in [1.165, 1.54) is 0 Å². The molecule has 0 aliphatic heterocycles. The van der Waals surface area contributed by atoms with Crippen molar-refractivity contribution in [1.29, 1.82) is 0 Å². The highest BCUT2D eigenvalue weighted by atomic mass is 79.9. The summed E-state index contributed by atoms with van der Waals surface area (Å²) >= 11 is 3.41. The minimum absolute atomic E-state index is 0.235. The van der Waals surface area contributed by atoms with Gasteiger partial charge in [-0.3, -0.25) is 0 Å². The van der Waals surface area contributed by atoms with E-state index >= 15 is 0 Å². The molecular formula is C17H14BrNO. The van der Waals surface area contributed by atoms with Crippen LogP contribution >= 0.6 is 15.9 Å². The zero-order chi connectivity index (χ0) is 14.1. The molecule has 3 aromatic carbocycles. The first-order valence-electron chi connectivity index (χ1n) is 6.38. The van der Waals surface area contributed by atoms with Crippen LogP contribution in [0, 0.1) is 0 Å². The first-order valence-corrected chi connectivity index (χ1v) is 7.18. The maximum atomic E-state index is 10.2. The van der Waals surface area contributed by atoms with Crippen molar-refractivity contribution in [2.75, 3.05) is 0 Å². The van der Waals surface area contributed by atoms with E-state index in [-0.39, 0.29) is 11.8 Å². The highest BCUT2D eigenvalue weighted by Crippen LogP contribution is 2.34. The zero-order valence-corrected chi connectivity index (χ0v) is 12.3. The predicted octanol–water partition coefficient (Wildman–Crippen LogP) is 4.36.